The molecule has 0 aliphatic heterocycles. The highest BCUT2D eigenvalue weighted by molar-refractivity contribution is 14.0. The average Bonchev–Trinajstić information content (AvgIpc) is 2.92. The Bertz CT molecular complexity index is 604. The molecule has 0 bridgehead atoms. The Balaban J connectivity index is 0.00000264. The third kappa shape index (κ3) is 6.41. The molecule has 2 aromatic rings. The molecule has 1 aromatic carbocycles. The average molecular weight is 428 g/mol. The molecule has 0 unspecified atom stereocenters. The van der Waals surface area contributed by atoms with Crippen molar-refractivity contribution in [2.24, 2.45) is 10.9 Å². The predicted molar refractivity (Wildman–Crippen MR) is 111 cm³/mol. The zero-order valence-corrected chi connectivity index (χ0v) is 16.7. The summed E-state index contributed by atoms with van der Waals surface area (Å²) in [5.74, 6) is 1.62. The van der Waals surface area contributed by atoms with Crippen molar-refractivity contribution >= 4 is 40.8 Å². The summed E-state index contributed by atoms with van der Waals surface area (Å²) in [5.41, 5.74) is 2.61. The van der Waals surface area contributed by atoms with Crippen molar-refractivity contribution in [1.29, 1.82) is 0 Å². The molecule has 0 aliphatic rings. The van der Waals surface area contributed by atoms with Crippen LogP contribution in [0.2, 0.25) is 0 Å². The molecular weight excluding hydrogens is 399 g/mol. The Kier molecular flexibility index (Phi) is 9.06. The smallest absolute Gasteiger partial charge is 0.190 e. The standard InChI is InChI=1S/C18H28N4.HI/c1-14(2)10-12-21-18(19-3)20-11-6-7-15-13-22-17-9-5-4-8-16(15)17;/h4-5,8-9,13-14,22H,6-7,10-12H2,1-3H3,(H2,19,20,21);1H. The number of hydrogen-bond donors (Lipinski definition) is 3. The highest BCUT2D eigenvalue weighted by atomic mass is 127. The summed E-state index contributed by atoms with van der Waals surface area (Å²) in [7, 11) is 1.82. The lowest BCUT2D eigenvalue weighted by Crippen LogP contribution is -2.38. The van der Waals surface area contributed by atoms with Gasteiger partial charge in [-0.2, -0.15) is 0 Å². The Morgan fingerprint density at radius 2 is 1.91 bits per heavy atom. The molecule has 1 heterocycles. The van der Waals surface area contributed by atoms with Crippen LogP contribution in [-0.2, 0) is 6.42 Å². The van der Waals surface area contributed by atoms with Crippen LogP contribution in [0.5, 0.6) is 0 Å². The number of nitrogens with one attached hydrogen (secondary N) is 3. The van der Waals surface area contributed by atoms with Crippen molar-refractivity contribution in [2.75, 3.05) is 20.1 Å². The Morgan fingerprint density at radius 3 is 2.65 bits per heavy atom. The van der Waals surface area contributed by atoms with E-state index < -0.39 is 0 Å². The van der Waals surface area contributed by atoms with Gasteiger partial charge in [-0.1, -0.05) is 32.0 Å². The zero-order valence-electron chi connectivity index (χ0n) is 14.4. The molecule has 0 aliphatic carbocycles. The molecular formula is C18H29IN4. The molecule has 3 N–H and O–H groups in total. The molecule has 0 spiro atoms. The number of nitrogens with zero attached hydrogens (tertiary/aromatic N) is 1. The monoisotopic (exact) mass is 428 g/mol. The number of guanidine groups is 1. The lowest BCUT2D eigenvalue weighted by molar-refractivity contribution is 0.573. The molecule has 5 heteroatoms. The third-order valence-corrected chi connectivity index (χ3v) is 3.83. The van der Waals surface area contributed by atoms with Crippen molar-refractivity contribution in [1.82, 2.24) is 15.6 Å². The molecule has 2 rings (SSSR count). The van der Waals surface area contributed by atoms with Crippen LogP contribution in [0.1, 0.15) is 32.3 Å². The summed E-state index contributed by atoms with van der Waals surface area (Å²) in [6.45, 7) is 6.37. The minimum atomic E-state index is 0. The number of aliphatic imine (C=N–C) groups is 1. The van der Waals surface area contributed by atoms with Gasteiger partial charge in [-0.05, 0) is 36.8 Å². The first kappa shape index (κ1) is 19.8. The van der Waals surface area contributed by atoms with Crippen molar-refractivity contribution in [3.63, 3.8) is 0 Å². The van der Waals surface area contributed by atoms with Crippen molar-refractivity contribution in [3.8, 4) is 0 Å². The van der Waals surface area contributed by atoms with E-state index in [2.05, 4.69) is 64.9 Å². The highest BCUT2D eigenvalue weighted by Crippen LogP contribution is 2.18. The van der Waals surface area contributed by atoms with E-state index in [1.807, 2.05) is 7.05 Å². The number of fused-ring (bicyclic) bond motifs is 1. The van der Waals surface area contributed by atoms with Gasteiger partial charge in [0.05, 0.1) is 0 Å². The van der Waals surface area contributed by atoms with Gasteiger partial charge in [0, 0.05) is 37.2 Å². The van der Waals surface area contributed by atoms with Gasteiger partial charge in [0.2, 0.25) is 0 Å². The van der Waals surface area contributed by atoms with E-state index in [4.69, 9.17) is 0 Å². The van der Waals surface area contributed by atoms with Gasteiger partial charge >= 0.3 is 0 Å². The number of hydrogen-bond acceptors (Lipinski definition) is 1. The normalized spacial score (nSPS) is 11.6. The summed E-state index contributed by atoms with van der Waals surface area (Å²) < 4.78 is 0. The van der Waals surface area contributed by atoms with Crippen molar-refractivity contribution < 1.29 is 0 Å². The summed E-state index contributed by atoms with van der Waals surface area (Å²) in [5, 5.41) is 8.07. The molecule has 4 nitrogen and oxygen atoms in total. The van der Waals surface area contributed by atoms with Gasteiger partial charge in [-0.25, -0.2) is 0 Å². The van der Waals surface area contributed by atoms with E-state index in [9.17, 15) is 0 Å². The number of aryl methyl sites for hydroxylation is 1. The van der Waals surface area contributed by atoms with E-state index in [0.29, 0.717) is 5.92 Å². The second-order valence-corrected chi connectivity index (χ2v) is 6.07. The van der Waals surface area contributed by atoms with E-state index in [1.54, 1.807) is 0 Å². The Morgan fingerprint density at radius 1 is 1.17 bits per heavy atom. The van der Waals surface area contributed by atoms with Crippen LogP contribution in [-0.4, -0.2) is 31.1 Å². The zero-order chi connectivity index (χ0) is 15.8. The van der Waals surface area contributed by atoms with Crippen LogP contribution in [0.15, 0.2) is 35.5 Å². The molecule has 0 radical (unpaired) electrons. The molecule has 0 saturated carbocycles. The largest absolute Gasteiger partial charge is 0.361 e. The van der Waals surface area contributed by atoms with Crippen LogP contribution in [0.3, 0.4) is 0 Å². The lowest BCUT2D eigenvalue weighted by atomic mass is 10.1. The van der Waals surface area contributed by atoms with Crippen molar-refractivity contribution in [2.45, 2.75) is 33.1 Å². The highest BCUT2D eigenvalue weighted by Gasteiger charge is 2.03. The Hall–Kier alpha value is -1.24. The van der Waals surface area contributed by atoms with Crippen LogP contribution in [0.25, 0.3) is 10.9 Å². The first-order chi connectivity index (χ1) is 10.7. The fourth-order valence-corrected chi connectivity index (χ4v) is 2.52. The Labute approximate surface area is 156 Å². The first-order valence-corrected chi connectivity index (χ1v) is 8.20. The predicted octanol–water partition coefficient (Wildman–Crippen LogP) is 3.93. The molecule has 23 heavy (non-hydrogen) atoms. The van der Waals surface area contributed by atoms with Gasteiger partial charge < -0.3 is 15.6 Å². The number of benzene rings is 1. The van der Waals surface area contributed by atoms with Gasteiger partial charge in [0.25, 0.3) is 0 Å². The topological polar surface area (TPSA) is 52.2 Å². The van der Waals surface area contributed by atoms with Gasteiger partial charge in [-0.15, -0.1) is 24.0 Å². The summed E-state index contributed by atoms with van der Waals surface area (Å²) >= 11 is 0. The molecule has 128 valence electrons. The number of para-hydroxylation sites is 1. The number of aromatic nitrogens is 1. The second-order valence-electron chi connectivity index (χ2n) is 6.07. The van der Waals surface area contributed by atoms with Crippen molar-refractivity contribution in [3.05, 3.63) is 36.0 Å². The minimum Gasteiger partial charge on any atom is -0.361 e. The second kappa shape index (κ2) is 10.5. The minimum absolute atomic E-state index is 0. The molecule has 0 atom stereocenters. The fourth-order valence-electron chi connectivity index (χ4n) is 2.52. The van der Waals surface area contributed by atoms with Crippen LogP contribution in [0.4, 0.5) is 0 Å². The van der Waals surface area contributed by atoms with Gasteiger partial charge in [0.15, 0.2) is 5.96 Å². The first-order valence-electron chi connectivity index (χ1n) is 8.20. The van der Waals surface area contributed by atoms with Gasteiger partial charge in [0.1, 0.15) is 0 Å². The van der Waals surface area contributed by atoms with E-state index >= 15 is 0 Å². The number of aromatic amines is 1. The summed E-state index contributed by atoms with van der Waals surface area (Å²) in [4.78, 5) is 7.59. The maximum absolute atomic E-state index is 4.26. The number of halogens is 1. The SMILES string of the molecule is CN=C(NCCCc1c[nH]c2ccccc12)NCCC(C)C.I. The molecule has 0 amide bonds. The van der Waals surface area contributed by atoms with E-state index in [-0.39, 0.29) is 24.0 Å². The van der Waals surface area contributed by atoms with E-state index in [1.165, 1.54) is 16.5 Å². The number of H-pyrrole nitrogens is 1. The molecule has 0 saturated heterocycles. The lowest BCUT2D eigenvalue weighted by Gasteiger charge is -2.12. The van der Waals surface area contributed by atoms with Crippen LogP contribution < -0.4 is 10.6 Å². The quantitative estimate of drug-likeness (QED) is 0.271. The van der Waals surface area contributed by atoms with Crippen LogP contribution >= 0.6 is 24.0 Å². The fraction of sp³-hybridized carbons (Fsp3) is 0.500. The number of rotatable bonds is 7. The van der Waals surface area contributed by atoms with Crippen LogP contribution in [0, 0.1) is 5.92 Å². The summed E-state index contributed by atoms with van der Waals surface area (Å²) in [6.07, 6.45) is 5.45. The maximum atomic E-state index is 4.26. The summed E-state index contributed by atoms with van der Waals surface area (Å²) in [6, 6.07) is 8.47. The van der Waals surface area contributed by atoms with Gasteiger partial charge in [-0.3, -0.25) is 4.99 Å². The van der Waals surface area contributed by atoms with E-state index in [0.717, 1.165) is 38.3 Å². The maximum Gasteiger partial charge on any atom is 0.190 e. The third-order valence-electron chi connectivity index (χ3n) is 3.83. The molecule has 0 fully saturated rings. The molecule has 1 aromatic heterocycles.